The van der Waals surface area contributed by atoms with E-state index in [1.165, 1.54) is 24.3 Å². The van der Waals surface area contributed by atoms with E-state index in [9.17, 15) is 30.4 Å². The van der Waals surface area contributed by atoms with Crippen LogP contribution in [0.2, 0.25) is 0 Å². The Hall–Kier alpha value is -3.16. The standard InChI is InChI=1S/C17H18N2O6/c20-16-8-6-12(10-14(16)18(22)23)4-2-1-3-5-13-7-9-17(21)15(11-13)19(24)25/h6-11,20-21H,1-5H2. The molecule has 0 aromatic heterocycles. The number of phenols is 2. The van der Waals surface area contributed by atoms with Gasteiger partial charge in [-0.2, -0.15) is 0 Å². The average Bonchev–Trinajstić information content (AvgIpc) is 2.56. The van der Waals surface area contributed by atoms with Crippen LogP contribution in [0.15, 0.2) is 36.4 Å². The fraction of sp³-hybridized carbons (Fsp3) is 0.294. The fourth-order valence-corrected chi connectivity index (χ4v) is 2.58. The van der Waals surface area contributed by atoms with Crippen LogP contribution in [0.3, 0.4) is 0 Å². The van der Waals surface area contributed by atoms with E-state index in [0.717, 1.165) is 30.4 Å². The van der Waals surface area contributed by atoms with Crippen molar-refractivity contribution in [1.29, 1.82) is 0 Å². The minimum absolute atomic E-state index is 0.297. The van der Waals surface area contributed by atoms with Crippen molar-refractivity contribution in [3.8, 4) is 11.5 Å². The lowest BCUT2D eigenvalue weighted by atomic mass is 10.0. The molecule has 0 aliphatic heterocycles. The van der Waals surface area contributed by atoms with E-state index in [1.54, 1.807) is 12.1 Å². The maximum Gasteiger partial charge on any atom is 0.310 e. The molecule has 0 heterocycles. The molecular formula is C17H18N2O6. The van der Waals surface area contributed by atoms with Crippen LogP contribution in [0.5, 0.6) is 11.5 Å². The van der Waals surface area contributed by atoms with E-state index >= 15 is 0 Å². The molecule has 8 nitrogen and oxygen atoms in total. The maximum absolute atomic E-state index is 10.8. The first-order valence-corrected chi connectivity index (χ1v) is 7.81. The summed E-state index contributed by atoms with van der Waals surface area (Å²) >= 11 is 0. The van der Waals surface area contributed by atoms with Crippen molar-refractivity contribution in [3.63, 3.8) is 0 Å². The molecule has 0 amide bonds. The predicted octanol–water partition coefficient (Wildman–Crippen LogP) is 3.87. The van der Waals surface area contributed by atoms with E-state index in [0.29, 0.717) is 12.8 Å². The number of hydrogen-bond acceptors (Lipinski definition) is 6. The summed E-state index contributed by atoms with van der Waals surface area (Å²) in [5, 5.41) is 40.4. The molecule has 2 rings (SSSR count). The Morgan fingerprint density at radius 1 is 0.720 bits per heavy atom. The highest BCUT2D eigenvalue weighted by atomic mass is 16.6. The molecule has 0 saturated carbocycles. The lowest BCUT2D eigenvalue weighted by Gasteiger charge is -2.04. The van der Waals surface area contributed by atoms with Crippen LogP contribution in [0.25, 0.3) is 0 Å². The molecule has 8 heteroatoms. The van der Waals surface area contributed by atoms with Crippen LogP contribution in [0.4, 0.5) is 11.4 Å². The first-order valence-electron chi connectivity index (χ1n) is 7.81. The van der Waals surface area contributed by atoms with Gasteiger partial charge in [0.25, 0.3) is 0 Å². The summed E-state index contributed by atoms with van der Waals surface area (Å²) in [6.45, 7) is 0. The Morgan fingerprint density at radius 2 is 1.12 bits per heavy atom. The van der Waals surface area contributed by atoms with Gasteiger partial charge in [-0.1, -0.05) is 18.6 Å². The summed E-state index contributed by atoms with van der Waals surface area (Å²) in [7, 11) is 0. The number of unbranched alkanes of at least 4 members (excludes halogenated alkanes) is 2. The molecule has 0 bridgehead atoms. The average molecular weight is 346 g/mol. The van der Waals surface area contributed by atoms with E-state index < -0.39 is 9.85 Å². The van der Waals surface area contributed by atoms with Crippen LogP contribution >= 0.6 is 0 Å². The molecule has 0 aliphatic rings. The Morgan fingerprint density at radius 3 is 1.48 bits per heavy atom. The topological polar surface area (TPSA) is 127 Å². The molecule has 2 aromatic rings. The number of aryl methyl sites for hydroxylation is 2. The highest BCUT2D eigenvalue weighted by Gasteiger charge is 2.14. The maximum atomic E-state index is 10.8. The van der Waals surface area contributed by atoms with Crippen molar-refractivity contribution >= 4 is 11.4 Å². The number of benzene rings is 2. The Labute approximate surface area is 143 Å². The minimum atomic E-state index is -0.615. The van der Waals surface area contributed by atoms with Crippen molar-refractivity contribution in [3.05, 3.63) is 67.8 Å². The molecule has 0 spiro atoms. The van der Waals surface area contributed by atoms with Crippen molar-refractivity contribution < 1.29 is 20.1 Å². The van der Waals surface area contributed by atoms with Gasteiger partial charge in [-0.15, -0.1) is 0 Å². The van der Waals surface area contributed by atoms with Gasteiger partial charge in [0.2, 0.25) is 0 Å². The van der Waals surface area contributed by atoms with E-state index in [-0.39, 0.29) is 22.9 Å². The molecule has 2 N–H and O–H groups in total. The number of nitro groups is 2. The molecule has 0 unspecified atom stereocenters. The van der Waals surface area contributed by atoms with Crippen LogP contribution in [0.1, 0.15) is 30.4 Å². The van der Waals surface area contributed by atoms with Crippen molar-refractivity contribution in [2.24, 2.45) is 0 Å². The van der Waals surface area contributed by atoms with Gasteiger partial charge < -0.3 is 10.2 Å². The highest BCUT2D eigenvalue weighted by Crippen LogP contribution is 2.28. The predicted molar refractivity (Wildman–Crippen MR) is 90.8 cm³/mol. The minimum Gasteiger partial charge on any atom is -0.502 e. The zero-order valence-electron chi connectivity index (χ0n) is 13.4. The van der Waals surface area contributed by atoms with E-state index in [4.69, 9.17) is 0 Å². The van der Waals surface area contributed by atoms with E-state index in [2.05, 4.69) is 0 Å². The molecule has 0 radical (unpaired) electrons. The SMILES string of the molecule is O=[N+]([O-])c1cc(CCCCCc2ccc(O)c([N+](=O)[O-])c2)ccc1O. The lowest BCUT2D eigenvalue weighted by molar-refractivity contribution is -0.386. The number of aromatic hydroxyl groups is 2. The van der Waals surface area contributed by atoms with Crippen LogP contribution < -0.4 is 0 Å². The summed E-state index contributed by atoms with van der Waals surface area (Å²) in [6, 6.07) is 8.71. The summed E-state index contributed by atoms with van der Waals surface area (Å²) in [5.41, 5.74) is 0.970. The van der Waals surface area contributed by atoms with Gasteiger partial charge in [0.15, 0.2) is 11.5 Å². The summed E-state index contributed by atoms with van der Waals surface area (Å²) in [4.78, 5) is 20.3. The normalized spacial score (nSPS) is 10.6. The van der Waals surface area contributed by atoms with Gasteiger partial charge in [0.1, 0.15) is 0 Å². The third kappa shape index (κ3) is 4.90. The zero-order valence-corrected chi connectivity index (χ0v) is 13.4. The van der Waals surface area contributed by atoms with Crippen LogP contribution in [0, 0.1) is 20.2 Å². The lowest BCUT2D eigenvalue weighted by Crippen LogP contribution is -1.94. The van der Waals surface area contributed by atoms with Crippen molar-refractivity contribution in [2.75, 3.05) is 0 Å². The molecular weight excluding hydrogens is 328 g/mol. The van der Waals surface area contributed by atoms with Crippen molar-refractivity contribution in [1.82, 2.24) is 0 Å². The second-order valence-electron chi connectivity index (χ2n) is 5.72. The molecule has 0 saturated heterocycles. The Balaban J connectivity index is 1.82. The first kappa shape index (κ1) is 18.2. The highest BCUT2D eigenvalue weighted by molar-refractivity contribution is 5.48. The Bertz CT molecular complexity index is 725. The number of nitrogens with zero attached hydrogens (tertiary/aromatic N) is 2. The van der Waals surface area contributed by atoms with Crippen LogP contribution in [-0.2, 0) is 12.8 Å². The van der Waals surface area contributed by atoms with E-state index in [1.807, 2.05) is 0 Å². The van der Waals surface area contributed by atoms with Gasteiger partial charge in [-0.3, -0.25) is 20.2 Å². The molecule has 0 aliphatic carbocycles. The molecule has 2 aromatic carbocycles. The molecule has 25 heavy (non-hydrogen) atoms. The number of rotatable bonds is 8. The second-order valence-corrected chi connectivity index (χ2v) is 5.72. The van der Waals surface area contributed by atoms with Gasteiger partial charge in [-0.25, -0.2) is 0 Å². The summed E-state index contributed by atoms with van der Waals surface area (Å²) < 4.78 is 0. The Kier molecular flexibility index (Phi) is 5.89. The number of hydrogen-bond donors (Lipinski definition) is 2. The van der Waals surface area contributed by atoms with Crippen molar-refractivity contribution in [2.45, 2.75) is 32.1 Å². The fourth-order valence-electron chi connectivity index (χ4n) is 2.58. The molecule has 0 fully saturated rings. The van der Waals surface area contributed by atoms with Crippen LogP contribution in [-0.4, -0.2) is 20.1 Å². The van der Waals surface area contributed by atoms with Gasteiger partial charge >= 0.3 is 11.4 Å². The monoisotopic (exact) mass is 346 g/mol. The zero-order chi connectivity index (χ0) is 18.4. The quantitative estimate of drug-likeness (QED) is 0.424. The van der Waals surface area contributed by atoms with Gasteiger partial charge in [0.05, 0.1) is 9.85 Å². The largest absolute Gasteiger partial charge is 0.502 e. The van der Waals surface area contributed by atoms with Gasteiger partial charge in [-0.05, 0) is 48.9 Å². The number of phenolic OH excluding ortho intramolecular Hbond substituents is 2. The first-order chi connectivity index (χ1) is 11.9. The summed E-state index contributed by atoms with van der Waals surface area (Å²) in [6.07, 6.45) is 3.77. The number of nitro benzene ring substituents is 2. The molecule has 0 atom stereocenters. The summed E-state index contributed by atoms with van der Waals surface area (Å²) in [5.74, 6) is -0.689. The third-order valence-electron chi connectivity index (χ3n) is 3.90. The third-order valence-corrected chi connectivity index (χ3v) is 3.90. The van der Waals surface area contributed by atoms with Gasteiger partial charge in [0, 0.05) is 12.1 Å². The smallest absolute Gasteiger partial charge is 0.310 e. The molecule has 132 valence electrons. The second kappa shape index (κ2) is 8.09.